The number of nitrogens with one attached hydrogen (secondary N) is 1. The van der Waals surface area contributed by atoms with Gasteiger partial charge in [0.05, 0.1) is 10.6 Å². The first-order valence-electron chi connectivity index (χ1n) is 6.22. The maximum Gasteiger partial charge on any atom is 0.177 e. The highest BCUT2D eigenvalue weighted by molar-refractivity contribution is 8.00. The third-order valence-electron chi connectivity index (χ3n) is 3.08. The third kappa shape index (κ3) is 3.65. The fourth-order valence-corrected chi connectivity index (χ4v) is 4.23. The van der Waals surface area contributed by atoms with E-state index in [1.165, 1.54) is 31.3 Å². The minimum Gasteiger partial charge on any atom is -0.383 e. The number of rotatable bonds is 4. The normalized spacial score (nSPS) is 20.6. The van der Waals surface area contributed by atoms with E-state index < -0.39 is 9.84 Å². The lowest BCUT2D eigenvalue weighted by atomic mass is 10.2. The van der Waals surface area contributed by atoms with Crippen LogP contribution in [0.15, 0.2) is 29.2 Å². The van der Waals surface area contributed by atoms with E-state index in [0.717, 1.165) is 12.2 Å². The first-order valence-corrected chi connectivity index (χ1v) is 9.16. The summed E-state index contributed by atoms with van der Waals surface area (Å²) in [5, 5.41) is 3.89. The Bertz CT molecular complexity index is 493. The van der Waals surface area contributed by atoms with E-state index in [1.54, 1.807) is 12.1 Å². The number of anilines is 1. The molecule has 5 heteroatoms. The lowest BCUT2D eigenvalue weighted by Crippen LogP contribution is -2.20. The van der Waals surface area contributed by atoms with Crippen molar-refractivity contribution in [1.82, 2.24) is 0 Å². The molecule has 18 heavy (non-hydrogen) atoms. The predicted molar refractivity (Wildman–Crippen MR) is 78.1 cm³/mol. The van der Waals surface area contributed by atoms with Gasteiger partial charge in [0.15, 0.2) is 9.84 Å². The molecular formula is C13H19NO2S2. The van der Waals surface area contributed by atoms with Crippen LogP contribution in [0.5, 0.6) is 0 Å². The van der Waals surface area contributed by atoms with Crippen molar-refractivity contribution >= 4 is 27.3 Å². The van der Waals surface area contributed by atoms with E-state index in [0.29, 0.717) is 10.1 Å². The van der Waals surface area contributed by atoms with E-state index >= 15 is 0 Å². The third-order valence-corrected chi connectivity index (χ3v) is 5.63. The zero-order chi connectivity index (χ0) is 13.0. The molecule has 0 radical (unpaired) electrons. The van der Waals surface area contributed by atoms with Gasteiger partial charge < -0.3 is 5.32 Å². The quantitative estimate of drug-likeness (QED) is 0.924. The minimum absolute atomic E-state index is 0.394. The fourth-order valence-electron chi connectivity index (χ4n) is 2.13. The zero-order valence-corrected chi connectivity index (χ0v) is 12.2. The van der Waals surface area contributed by atoms with E-state index in [1.807, 2.05) is 23.9 Å². The van der Waals surface area contributed by atoms with Crippen LogP contribution in [0.25, 0.3) is 0 Å². The molecule has 0 amide bonds. The fraction of sp³-hybridized carbons (Fsp3) is 0.538. The van der Waals surface area contributed by atoms with Gasteiger partial charge in [-0.1, -0.05) is 18.6 Å². The molecule has 1 saturated heterocycles. The molecule has 2 rings (SSSR count). The molecule has 0 aromatic heterocycles. The molecule has 3 nitrogen and oxygen atoms in total. The Morgan fingerprint density at radius 2 is 2.11 bits per heavy atom. The van der Waals surface area contributed by atoms with Crippen molar-refractivity contribution in [2.45, 2.75) is 29.4 Å². The van der Waals surface area contributed by atoms with Crippen LogP contribution in [0.2, 0.25) is 0 Å². The van der Waals surface area contributed by atoms with Gasteiger partial charge in [0, 0.05) is 18.1 Å². The molecule has 0 saturated carbocycles. The maximum atomic E-state index is 11.7. The molecule has 1 fully saturated rings. The molecule has 0 aliphatic carbocycles. The lowest BCUT2D eigenvalue weighted by Gasteiger charge is -2.22. The van der Waals surface area contributed by atoms with Crippen molar-refractivity contribution in [2.75, 3.05) is 23.9 Å². The predicted octanol–water partition coefficient (Wildman–Crippen LogP) is 2.79. The summed E-state index contributed by atoms with van der Waals surface area (Å²) in [5.74, 6) is 1.22. The Kier molecular flexibility index (Phi) is 4.56. The molecule has 1 aliphatic rings. The SMILES string of the molecule is CS(=O)(=O)c1ccccc1NCC1CCCCS1. The van der Waals surface area contributed by atoms with Gasteiger partial charge in [0.25, 0.3) is 0 Å². The molecule has 1 aromatic carbocycles. The lowest BCUT2D eigenvalue weighted by molar-refractivity contribution is 0.602. The van der Waals surface area contributed by atoms with Crippen molar-refractivity contribution in [3.8, 4) is 0 Å². The molecule has 0 spiro atoms. The highest BCUT2D eigenvalue weighted by Gasteiger charge is 2.16. The van der Waals surface area contributed by atoms with E-state index in [9.17, 15) is 8.42 Å². The highest BCUT2D eigenvalue weighted by atomic mass is 32.2. The second-order valence-electron chi connectivity index (χ2n) is 4.64. The van der Waals surface area contributed by atoms with Crippen LogP contribution in [0.1, 0.15) is 19.3 Å². The molecule has 1 aliphatic heterocycles. The van der Waals surface area contributed by atoms with Gasteiger partial charge in [0.2, 0.25) is 0 Å². The van der Waals surface area contributed by atoms with Crippen LogP contribution in [-0.2, 0) is 9.84 Å². The zero-order valence-electron chi connectivity index (χ0n) is 10.6. The van der Waals surface area contributed by atoms with Crippen LogP contribution in [0, 0.1) is 0 Å². The second kappa shape index (κ2) is 5.97. The van der Waals surface area contributed by atoms with Gasteiger partial charge in [0.1, 0.15) is 0 Å². The minimum atomic E-state index is -3.16. The van der Waals surface area contributed by atoms with Gasteiger partial charge >= 0.3 is 0 Å². The van der Waals surface area contributed by atoms with Gasteiger partial charge in [-0.2, -0.15) is 11.8 Å². The van der Waals surface area contributed by atoms with Crippen LogP contribution < -0.4 is 5.32 Å². The van der Waals surface area contributed by atoms with Gasteiger partial charge in [-0.25, -0.2) is 8.42 Å². The standard InChI is InChI=1S/C13H19NO2S2/c1-18(15,16)13-8-3-2-7-12(13)14-10-11-6-4-5-9-17-11/h2-3,7-8,11,14H,4-6,9-10H2,1H3. The molecule has 1 unspecified atom stereocenters. The Morgan fingerprint density at radius 1 is 1.33 bits per heavy atom. The summed E-state index contributed by atoms with van der Waals surface area (Å²) in [7, 11) is -3.16. The topological polar surface area (TPSA) is 46.2 Å². The van der Waals surface area contributed by atoms with Crippen LogP contribution >= 0.6 is 11.8 Å². The molecule has 1 atom stereocenters. The average molecular weight is 285 g/mol. The number of para-hydroxylation sites is 1. The molecule has 0 bridgehead atoms. The van der Waals surface area contributed by atoms with Crippen LogP contribution in [0.3, 0.4) is 0 Å². The average Bonchev–Trinajstić information content (AvgIpc) is 2.37. The van der Waals surface area contributed by atoms with Crippen LogP contribution in [-0.4, -0.2) is 32.2 Å². The highest BCUT2D eigenvalue weighted by Crippen LogP contribution is 2.26. The molecule has 1 aromatic rings. The summed E-state index contributed by atoms with van der Waals surface area (Å²) < 4.78 is 23.3. The maximum absolute atomic E-state index is 11.7. The number of hydrogen-bond donors (Lipinski definition) is 1. The number of hydrogen-bond acceptors (Lipinski definition) is 4. The monoisotopic (exact) mass is 285 g/mol. The van der Waals surface area contributed by atoms with Crippen molar-refractivity contribution in [2.24, 2.45) is 0 Å². The molecule has 1 N–H and O–H groups in total. The summed E-state index contributed by atoms with van der Waals surface area (Å²) in [6, 6.07) is 7.12. The Morgan fingerprint density at radius 3 is 2.78 bits per heavy atom. The van der Waals surface area contributed by atoms with Gasteiger partial charge in [-0.3, -0.25) is 0 Å². The van der Waals surface area contributed by atoms with Crippen molar-refractivity contribution in [3.05, 3.63) is 24.3 Å². The summed E-state index contributed by atoms with van der Waals surface area (Å²) in [5.41, 5.74) is 0.728. The summed E-state index contributed by atoms with van der Waals surface area (Å²) in [6.45, 7) is 0.844. The number of sulfone groups is 1. The Balaban J connectivity index is 2.05. The first-order chi connectivity index (χ1) is 8.57. The Hall–Kier alpha value is -0.680. The van der Waals surface area contributed by atoms with Crippen LogP contribution in [0.4, 0.5) is 5.69 Å². The van der Waals surface area contributed by atoms with Gasteiger partial charge in [-0.15, -0.1) is 0 Å². The van der Waals surface area contributed by atoms with Crippen molar-refractivity contribution in [3.63, 3.8) is 0 Å². The van der Waals surface area contributed by atoms with E-state index in [-0.39, 0.29) is 0 Å². The number of thioether (sulfide) groups is 1. The summed E-state index contributed by atoms with van der Waals surface area (Å²) in [6.07, 6.45) is 5.07. The molecule has 1 heterocycles. The summed E-state index contributed by atoms with van der Waals surface area (Å²) in [4.78, 5) is 0.394. The second-order valence-corrected chi connectivity index (χ2v) is 8.03. The smallest absolute Gasteiger partial charge is 0.177 e. The summed E-state index contributed by atoms with van der Waals surface area (Å²) >= 11 is 1.98. The van der Waals surface area contributed by atoms with E-state index in [4.69, 9.17) is 0 Å². The molecular weight excluding hydrogens is 266 g/mol. The molecule has 100 valence electrons. The van der Waals surface area contributed by atoms with E-state index in [2.05, 4.69) is 5.32 Å². The first kappa shape index (κ1) is 13.7. The van der Waals surface area contributed by atoms with Gasteiger partial charge in [-0.05, 0) is 30.7 Å². The Labute approximate surface area is 113 Å². The largest absolute Gasteiger partial charge is 0.383 e. The number of benzene rings is 1. The van der Waals surface area contributed by atoms with Crippen molar-refractivity contribution < 1.29 is 8.42 Å². The van der Waals surface area contributed by atoms with Crippen molar-refractivity contribution in [1.29, 1.82) is 0 Å².